The number of aromatic nitrogens is 1. The molecule has 2 aromatic carbocycles. The Morgan fingerprint density at radius 1 is 1.16 bits per heavy atom. The average Bonchev–Trinajstić information content (AvgIpc) is 3.10. The van der Waals surface area contributed by atoms with Crippen molar-refractivity contribution in [2.75, 3.05) is 12.4 Å². The molecule has 0 unspecified atom stereocenters. The van der Waals surface area contributed by atoms with Crippen molar-refractivity contribution >= 4 is 11.8 Å². The first-order valence-corrected chi connectivity index (χ1v) is 7.42. The lowest BCUT2D eigenvalue weighted by atomic mass is 10.2. The zero-order chi connectivity index (χ0) is 17.6. The normalized spacial score (nSPS) is 10.3. The second-order valence-electron chi connectivity index (χ2n) is 5.08. The van der Waals surface area contributed by atoms with Gasteiger partial charge in [-0.25, -0.2) is 14.2 Å². The lowest BCUT2D eigenvalue weighted by Gasteiger charge is -2.06. The summed E-state index contributed by atoms with van der Waals surface area (Å²) in [6, 6.07) is 12.7. The van der Waals surface area contributed by atoms with Crippen LogP contribution < -0.4 is 10.1 Å². The predicted octanol–water partition coefficient (Wildman–Crippen LogP) is 4.24. The SMILES string of the molecule is COC(=O)Nc1ccc(OCc2coc(-c3ccc(F)cc3)n2)cc1. The van der Waals surface area contributed by atoms with Crippen LogP contribution in [0.4, 0.5) is 14.9 Å². The van der Waals surface area contributed by atoms with Crippen LogP contribution in [0.15, 0.2) is 59.2 Å². The molecule has 0 aliphatic carbocycles. The number of nitrogens with one attached hydrogen (secondary N) is 1. The Morgan fingerprint density at radius 3 is 2.56 bits per heavy atom. The van der Waals surface area contributed by atoms with Crippen LogP contribution in [0.25, 0.3) is 11.5 Å². The molecule has 3 rings (SSSR count). The number of halogens is 1. The summed E-state index contributed by atoms with van der Waals surface area (Å²) in [7, 11) is 1.30. The number of rotatable bonds is 5. The molecule has 1 N–H and O–H groups in total. The second-order valence-corrected chi connectivity index (χ2v) is 5.08. The first-order valence-electron chi connectivity index (χ1n) is 7.42. The maximum Gasteiger partial charge on any atom is 0.411 e. The van der Waals surface area contributed by atoms with Gasteiger partial charge in [-0.05, 0) is 48.5 Å². The molecule has 0 fully saturated rings. The van der Waals surface area contributed by atoms with Crippen LogP contribution in [-0.4, -0.2) is 18.2 Å². The van der Waals surface area contributed by atoms with E-state index >= 15 is 0 Å². The number of ether oxygens (including phenoxy) is 2. The van der Waals surface area contributed by atoms with Gasteiger partial charge in [0.2, 0.25) is 5.89 Å². The van der Waals surface area contributed by atoms with Gasteiger partial charge < -0.3 is 13.9 Å². The standard InChI is InChI=1S/C18H15FN2O4/c1-23-18(22)21-14-6-8-16(9-7-14)24-10-15-11-25-17(20-15)12-2-4-13(19)5-3-12/h2-9,11H,10H2,1H3,(H,21,22). The van der Waals surface area contributed by atoms with Gasteiger partial charge in [0.1, 0.15) is 30.1 Å². The van der Waals surface area contributed by atoms with Crippen molar-refractivity contribution in [2.45, 2.75) is 6.61 Å². The van der Waals surface area contributed by atoms with E-state index in [1.807, 2.05) is 0 Å². The van der Waals surface area contributed by atoms with Crippen LogP contribution in [0.2, 0.25) is 0 Å². The van der Waals surface area contributed by atoms with E-state index < -0.39 is 6.09 Å². The number of oxazole rings is 1. The van der Waals surface area contributed by atoms with Crippen molar-refractivity contribution in [3.8, 4) is 17.2 Å². The monoisotopic (exact) mass is 342 g/mol. The van der Waals surface area contributed by atoms with E-state index in [9.17, 15) is 9.18 Å². The van der Waals surface area contributed by atoms with E-state index in [4.69, 9.17) is 9.15 Å². The van der Waals surface area contributed by atoms with Gasteiger partial charge in [-0.2, -0.15) is 0 Å². The third-order valence-corrected chi connectivity index (χ3v) is 3.32. The molecule has 0 aliphatic rings. The molecule has 0 aliphatic heterocycles. The van der Waals surface area contributed by atoms with Crippen LogP contribution in [0.1, 0.15) is 5.69 Å². The summed E-state index contributed by atoms with van der Waals surface area (Å²) >= 11 is 0. The molecule has 0 saturated carbocycles. The quantitative estimate of drug-likeness (QED) is 0.751. The molecule has 1 aromatic heterocycles. The molecule has 25 heavy (non-hydrogen) atoms. The highest BCUT2D eigenvalue weighted by molar-refractivity contribution is 5.84. The molecule has 0 radical (unpaired) electrons. The number of amides is 1. The molecule has 0 spiro atoms. The summed E-state index contributed by atoms with van der Waals surface area (Å²) in [5.41, 5.74) is 1.89. The number of nitrogens with zero attached hydrogens (tertiary/aromatic N) is 1. The van der Waals surface area contributed by atoms with Gasteiger partial charge in [-0.3, -0.25) is 5.32 Å². The summed E-state index contributed by atoms with van der Waals surface area (Å²) in [6.45, 7) is 0.217. The molecule has 1 amide bonds. The van der Waals surface area contributed by atoms with Crippen molar-refractivity contribution in [2.24, 2.45) is 0 Å². The summed E-state index contributed by atoms with van der Waals surface area (Å²) < 4.78 is 28.4. The molecule has 0 atom stereocenters. The Hall–Kier alpha value is -3.35. The van der Waals surface area contributed by atoms with E-state index in [0.717, 1.165) is 0 Å². The smallest absolute Gasteiger partial charge is 0.411 e. The average molecular weight is 342 g/mol. The number of hydrogen-bond donors (Lipinski definition) is 1. The zero-order valence-electron chi connectivity index (χ0n) is 13.4. The van der Waals surface area contributed by atoms with E-state index in [1.54, 1.807) is 36.4 Å². The number of methoxy groups -OCH3 is 1. The highest BCUT2D eigenvalue weighted by Gasteiger charge is 2.08. The van der Waals surface area contributed by atoms with E-state index in [-0.39, 0.29) is 12.4 Å². The first kappa shape index (κ1) is 16.5. The maximum absolute atomic E-state index is 12.9. The first-order chi connectivity index (χ1) is 12.1. The van der Waals surface area contributed by atoms with Crippen LogP contribution in [-0.2, 0) is 11.3 Å². The lowest BCUT2D eigenvalue weighted by Crippen LogP contribution is -2.10. The van der Waals surface area contributed by atoms with Gasteiger partial charge in [0.15, 0.2) is 0 Å². The molecular formula is C18H15FN2O4. The molecular weight excluding hydrogens is 327 g/mol. The molecule has 128 valence electrons. The third kappa shape index (κ3) is 4.35. The summed E-state index contributed by atoms with van der Waals surface area (Å²) in [5, 5.41) is 2.55. The topological polar surface area (TPSA) is 73.6 Å². The van der Waals surface area contributed by atoms with Crippen molar-refractivity contribution < 1.29 is 23.1 Å². The summed E-state index contributed by atoms with van der Waals surface area (Å²) in [4.78, 5) is 15.4. The molecule has 1 heterocycles. The molecule has 0 saturated heterocycles. The molecule has 7 heteroatoms. The fourth-order valence-corrected chi connectivity index (χ4v) is 2.06. The number of hydrogen-bond acceptors (Lipinski definition) is 5. The van der Waals surface area contributed by atoms with Gasteiger partial charge in [0.25, 0.3) is 0 Å². The van der Waals surface area contributed by atoms with Crippen LogP contribution in [0.5, 0.6) is 5.75 Å². The highest BCUT2D eigenvalue weighted by atomic mass is 19.1. The molecule has 3 aromatic rings. The van der Waals surface area contributed by atoms with Crippen LogP contribution >= 0.6 is 0 Å². The zero-order valence-corrected chi connectivity index (χ0v) is 13.4. The Labute approximate surface area is 143 Å². The predicted molar refractivity (Wildman–Crippen MR) is 88.7 cm³/mol. The molecule has 0 bridgehead atoms. The van der Waals surface area contributed by atoms with Crippen LogP contribution in [0, 0.1) is 5.82 Å². The minimum atomic E-state index is -0.537. The number of carbonyl (C=O) groups is 1. The Bertz CT molecular complexity index is 844. The number of benzene rings is 2. The van der Waals surface area contributed by atoms with E-state index in [0.29, 0.717) is 28.6 Å². The van der Waals surface area contributed by atoms with Gasteiger partial charge in [0, 0.05) is 11.3 Å². The highest BCUT2D eigenvalue weighted by Crippen LogP contribution is 2.21. The Kier molecular flexibility index (Phi) is 4.94. The Morgan fingerprint density at radius 2 is 1.88 bits per heavy atom. The summed E-state index contributed by atoms with van der Waals surface area (Å²) in [6.07, 6.45) is 0.955. The van der Waals surface area contributed by atoms with Gasteiger partial charge in [-0.1, -0.05) is 0 Å². The van der Waals surface area contributed by atoms with Crippen LogP contribution in [0.3, 0.4) is 0 Å². The second kappa shape index (κ2) is 7.48. The van der Waals surface area contributed by atoms with Crippen molar-refractivity contribution in [3.05, 3.63) is 66.3 Å². The molecule has 6 nitrogen and oxygen atoms in total. The van der Waals surface area contributed by atoms with E-state index in [1.165, 1.54) is 25.5 Å². The Balaban J connectivity index is 1.58. The minimum absolute atomic E-state index is 0.217. The van der Waals surface area contributed by atoms with Crippen molar-refractivity contribution in [3.63, 3.8) is 0 Å². The number of anilines is 1. The largest absolute Gasteiger partial charge is 0.487 e. The fourth-order valence-electron chi connectivity index (χ4n) is 2.06. The van der Waals surface area contributed by atoms with Crippen molar-refractivity contribution in [1.82, 2.24) is 4.98 Å². The van der Waals surface area contributed by atoms with Crippen molar-refractivity contribution in [1.29, 1.82) is 0 Å². The summed E-state index contributed by atoms with van der Waals surface area (Å²) in [5.74, 6) is 0.696. The fraction of sp³-hybridized carbons (Fsp3) is 0.111. The third-order valence-electron chi connectivity index (χ3n) is 3.32. The van der Waals surface area contributed by atoms with Gasteiger partial charge >= 0.3 is 6.09 Å². The maximum atomic E-state index is 12.9. The number of carbonyl (C=O) groups excluding carboxylic acids is 1. The van der Waals surface area contributed by atoms with Gasteiger partial charge in [0.05, 0.1) is 7.11 Å². The lowest BCUT2D eigenvalue weighted by molar-refractivity contribution is 0.187. The van der Waals surface area contributed by atoms with Gasteiger partial charge in [-0.15, -0.1) is 0 Å². The minimum Gasteiger partial charge on any atom is -0.487 e. The van der Waals surface area contributed by atoms with E-state index in [2.05, 4.69) is 15.0 Å².